The maximum Gasteiger partial charge on any atom is 0.309 e. The molecule has 0 saturated carbocycles. The first kappa shape index (κ1) is 145. The number of aliphatic hydroxyl groups excluding tert-OH is 3. The van der Waals surface area contributed by atoms with Crippen molar-refractivity contribution in [2.45, 2.75) is 231 Å². The fourth-order valence-corrected chi connectivity index (χ4v) is 8.55. The molecule has 0 saturated heterocycles. The van der Waals surface area contributed by atoms with Gasteiger partial charge in [0.05, 0.1) is 139 Å². The van der Waals surface area contributed by atoms with Crippen LogP contribution in [0.5, 0.6) is 0 Å². The summed E-state index contributed by atoms with van der Waals surface area (Å²) >= 11 is 0. The zero-order chi connectivity index (χ0) is 105. The first-order valence-corrected chi connectivity index (χ1v) is 48.2. The van der Waals surface area contributed by atoms with Crippen molar-refractivity contribution < 1.29 is 168 Å². The quantitative estimate of drug-likeness (QED) is 0.0169. The lowest BCUT2D eigenvalue weighted by atomic mass is 9.96. The molecule has 0 fully saturated rings. The number of ether oxygens (including phenoxy) is 19. The maximum atomic E-state index is 11.8. The molecule has 0 aromatic heterocycles. The summed E-state index contributed by atoms with van der Waals surface area (Å²) in [4.78, 5) is 148. The van der Waals surface area contributed by atoms with Gasteiger partial charge in [0, 0.05) is 117 Å². The molecule has 0 bridgehead atoms. The number of esters is 9. The highest BCUT2D eigenvalue weighted by Crippen LogP contribution is 2.19. The second-order valence-electron chi connectivity index (χ2n) is 30.7. The van der Waals surface area contributed by atoms with Crippen molar-refractivity contribution in [2.75, 3.05) is 239 Å². The molecule has 13 atom stereocenters. The van der Waals surface area contributed by atoms with Crippen LogP contribution in [0.2, 0.25) is 0 Å². The molecule has 0 rings (SSSR count). The van der Waals surface area contributed by atoms with Gasteiger partial charge in [0.2, 0.25) is 23.6 Å². The van der Waals surface area contributed by atoms with Gasteiger partial charge < -0.3 is 127 Å². The van der Waals surface area contributed by atoms with Crippen molar-refractivity contribution >= 4 is 77.4 Å². The first-order chi connectivity index (χ1) is 64.3. The maximum absolute atomic E-state index is 11.8. The molecule has 0 aromatic rings. The fraction of sp³-hybridized carbons (Fsp3) is 0.865. The summed E-state index contributed by atoms with van der Waals surface area (Å²) in [7, 11) is 4.66. The first-order valence-electron chi connectivity index (χ1n) is 48.2. The van der Waals surface area contributed by atoms with Crippen LogP contribution in [0, 0.1) is 76.9 Å². The summed E-state index contributed by atoms with van der Waals surface area (Å²) in [5, 5.41) is 36.3. The van der Waals surface area contributed by atoms with Gasteiger partial charge >= 0.3 is 53.7 Å². The van der Waals surface area contributed by atoms with Gasteiger partial charge in [0.15, 0.2) is 0 Å². The molecule has 135 heavy (non-hydrogen) atoms. The van der Waals surface area contributed by atoms with Gasteiger partial charge in [0.1, 0.15) is 59.5 Å². The lowest BCUT2D eigenvalue weighted by Gasteiger charge is -2.17. The van der Waals surface area contributed by atoms with E-state index in [-0.39, 0.29) is 132 Å². The molecule has 0 aliphatic rings. The number of rotatable bonds is 69. The smallest absolute Gasteiger partial charge is 0.309 e. The Morgan fingerprint density at radius 1 is 0.200 bits per heavy atom. The zero-order valence-electron chi connectivity index (χ0n) is 88.1. The van der Waals surface area contributed by atoms with Crippen molar-refractivity contribution in [1.29, 1.82) is 0 Å². The predicted octanol–water partition coefficient (Wildman–Crippen LogP) is 9.28. The third-order valence-corrected chi connectivity index (χ3v) is 19.4. The number of methoxy groups -OCH3 is 3. The van der Waals surface area contributed by atoms with Crippen LogP contribution < -0.4 is 21.3 Å². The van der Waals surface area contributed by atoms with E-state index in [0.717, 1.165) is 71.0 Å². The van der Waals surface area contributed by atoms with Gasteiger partial charge in [-0.15, -0.1) is 0 Å². The molecule has 0 aliphatic carbocycles. The minimum absolute atomic E-state index is 0.00572. The highest BCUT2D eigenvalue weighted by molar-refractivity contribution is 5.84. The Hall–Kier alpha value is -7.41. The molecule has 802 valence electrons. The summed E-state index contributed by atoms with van der Waals surface area (Å²) < 4.78 is 94.8. The Morgan fingerprint density at radius 2 is 0.385 bits per heavy atom. The van der Waals surface area contributed by atoms with Crippen molar-refractivity contribution in [3.8, 4) is 0 Å². The minimum Gasteiger partial charge on any atom is -0.463 e. The fourth-order valence-electron chi connectivity index (χ4n) is 8.55. The number of carbonyl (C=O) groups excluding carboxylic acids is 13. The molecule has 0 spiro atoms. The second-order valence-corrected chi connectivity index (χ2v) is 30.7. The summed E-state index contributed by atoms with van der Waals surface area (Å²) in [5.41, 5.74) is 0. The van der Waals surface area contributed by atoms with E-state index in [1.54, 1.807) is 62.5 Å². The summed E-state index contributed by atoms with van der Waals surface area (Å²) in [5.74, 6) is -7.49. The monoisotopic (exact) mass is 1960 g/mol. The SMILES string of the molecule is CC(C(=O)OCCO)C(C)C(=O)OCCO.CCC(C)C(=O)NCCO.CCC(C)C(=O)NCCOC.CCCOCCNC(=O)C(C)CC.CCCOCCOC(=O)C(C)C(C)C(=O)OCCOCCC.CCCOCCOC(=O)C(C)CC.CCOCCNC(=O)C(C)CC.CCOCCOC(=O)C(C)C(C)C(=O)OCCOCC.COCCOC(=O)C(C)C(C)C(=O)OCCOC. The van der Waals surface area contributed by atoms with E-state index < -0.39 is 95.1 Å². The molecule has 0 radical (unpaired) electrons. The van der Waals surface area contributed by atoms with E-state index in [0.29, 0.717) is 132 Å². The molecular weight excluding hydrogens is 1770 g/mol. The Balaban J connectivity index is -0.000000191. The van der Waals surface area contributed by atoms with Gasteiger partial charge in [-0.2, -0.15) is 0 Å². The van der Waals surface area contributed by atoms with Gasteiger partial charge in [0.25, 0.3) is 0 Å². The highest BCUT2D eigenvalue weighted by atomic mass is 16.6. The third-order valence-electron chi connectivity index (χ3n) is 19.4. The molecule has 0 heterocycles. The van der Waals surface area contributed by atoms with Crippen molar-refractivity contribution in [3.63, 3.8) is 0 Å². The number of hydrogen-bond donors (Lipinski definition) is 7. The molecule has 4 amide bonds. The number of hydrogen-bond acceptors (Lipinski definition) is 35. The van der Waals surface area contributed by atoms with Crippen LogP contribution in [0.1, 0.15) is 231 Å². The van der Waals surface area contributed by atoms with Crippen molar-refractivity contribution in [3.05, 3.63) is 0 Å². The van der Waals surface area contributed by atoms with Crippen molar-refractivity contribution in [1.82, 2.24) is 21.3 Å². The van der Waals surface area contributed by atoms with E-state index in [9.17, 15) is 62.3 Å². The summed E-state index contributed by atoms with van der Waals surface area (Å²) in [6, 6.07) is 0. The predicted molar refractivity (Wildman–Crippen MR) is 512 cm³/mol. The van der Waals surface area contributed by atoms with Crippen LogP contribution in [0.25, 0.3) is 0 Å². The Kier molecular flexibility index (Phi) is 117. The number of aliphatic hydroxyl groups is 3. The van der Waals surface area contributed by atoms with Gasteiger partial charge in [-0.05, 0) is 78.6 Å². The standard InChI is InChI=1S/C16H30O6.C14H26O6.C12H22O6.C10H21NO2.C10H18O6.C10H20O3.C9H19NO2.C8H17NO2.C7H15NO2/c1-5-7-19-9-11-21-15(17)13(3)14(4)16(18)22-12-10-20-8-6-2;1-5-17-7-9-19-13(15)11(3)12(4)14(16)20-10-8-18-6-2;1-9(11(13)17-7-5-15-3)10(2)12(14)18-8-6-16-4;1-4-7-13-8-6-11-10(12)9(3)5-2;1-7(9(13)15-5-3-11)8(2)10(14)16-6-4-12;1-4-6-12-7-8-13-10(11)9(3)5-2;1-4-8(3)9(11)10-6-7-12-5-2;1-4-7(2)8(10)9-5-6-11-3;1-3-6(2)7(10)8-4-5-9/h13-14H,5-12H2,1-4H3;11-12H,5-10H2,1-4H3;9-10H,5-8H2,1-4H3;9H,4-8H2,1-3H3,(H,11,12);7-8,11-12H,3-6H2,1-2H3;9H,4-8H2,1-3H3;8H,4-7H2,1-3H3,(H,10,11);7H,4-6H2,1-3H3,(H,9,10);6,9H,3-5H2,1-2H3,(H,8,10). The molecule has 0 aliphatic heterocycles. The molecular formula is C96H188N4O35. The van der Waals surface area contributed by atoms with Crippen LogP contribution in [-0.4, -0.2) is 332 Å². The van der Waals surface area contributed by atoms with Gasteiger partial charge in [-0.25, -0.2) is 0 Å². The zero-order valence-corrected chi connectivity index (χ0v) is 88.1. The summed E-state index contributed by atoms with van der Waals surface area (Å²) in [6.45, 7) is 58.6. The average Bonchev–Trinajstić information content (AvgIpc) is 0.904. The third kappa shape index (κ3) is 95.3. The van der Waals surface area contributed by atoms with E-state index >= 15 is 0 Å². The minimum atomic E-state index is -0.641. The van der Waals surface area contributed by atoms with E-state index in [2.05, 4.69) is 37.7 Å². The Bertz CT molecular complexity index is 2680. The topological polar surface area (TPSA) is 506 Å². The van der Waals surface area contributed by atoms with Crippen molar-refractivity contribution in [2.24, 2.45) is 76.9 Å². The average molecular weight is 1960 g/mol. The highest BCUT2D eigenvalue weighted by Gasteiger charge is 2.32. The van der Waals surface area contributed by atoms with Gasteiger partial charge in [-0.3, -0.25) is 62.3 Å². The normalized spacial score (nSPS) is 13.2. The summed E-state index contributed by atoms with van der Waals surface area (Å²) in [6.07, 6.45) is 8.22. The van der Waals surface area contributed by atoms with E-state index in [1.807, 2.05) is 111 Å². The molecule has 7 N–H and O–H groups in total. The van der Waals surface area contributed by atoms with Crippen LogP contribution in [0.15, 0.2) is 0 Å². The van der Waals surface area contributed by atoms with E-state index in [4.69, 9.17) is 95.8 Å². The van der Waals surface area contributed by atoms with Crippen LogP contribution in [0.4, 0.5) is 0 Å². The van der Waals surface area contributed by atoms with E-state index in [1.165, 1.54) is 14.2 Å². The van der Waals surface area contributed by atoms with Crippen LogP contribution in [0.3, 0.4) is 0 Å². The van der Waals surface area contributed by atoms with Crippen LogP contribution in [-0.2, 0) is 152 Å². The lowest BCUT2D eigenvalue weighted by molar-refractivity contribution is -0.160. The lowest BCUT2D eigenvalue weighted by Crippen LogP contribution is -2.31. The Labute approximate surface area is 809 Å². The number of nitrogens with one attached hydrogen (secondary N) is 4. The van der Waals surface area contributed by atoms with Gasteiger partial charge in [-0.1, -0.05) is 152 Å². The van der Waals surface area contributed by atoms with Crippen LogP contribution >= 0.6 is 0 Å². The number of carbonyl (C=O) groups is 13. The number of amides is 4. The molecule has 39 nitrogen and oxygen atoms in total. The Morgan fingerprint density at radius 3 is 0.593 bits per heavy atom. The largest absolute Gasteiger partial charge is 0.463 e. The molecule has 39 heteroatoms. The molecule has 0 aromatic carbocycles. The second kappa shape index (κ2) is 109. The molecule has 13 unspecified atom stereocenters.